The Morgan fingerprint density at radius 2 is 1.81 bits per heavy atom. The molecule has 2 amide bonds. The molecule has 0 spiro atoms. The van der Waals surface area contributed by atoms with Gasteiger partial charge in [-0.1, -0.05) is 36.6 Å². The molecule has 2 heterocycles. The molecule has 0 saturated heterocycles. The molecule has 1 fully saturated rings. The van der Waals surface area contributed by atoms with Gasteiger partial charge in [0.2, 0.25) is 11.8 Å². The Balaban J connectivity index is 1.55. The van der Waals surface area contributed by atoms with Gasteiger partial charge in [0.1, 0.15) is 17.8 Å². The molecule has 1 saturated carbocycles. The Hall–Kier alpha value is -4.14. The van der Waals surface area contributed by atoms with Crippen molar-refractivity contribution in [2.75, 3.05) is 12.0 Å². The summed E-state index contributed by atoms with van der Waals surface area (Å²) < 4.78 is 8.80. The monoisotopic (exact) mass is 500 g/mol. The molecule has 2 aromatic heterocycles. The summed E-state index contributed by atoms with van der Waals surface area (Å²) >= 11 is 0. The number of rotatable bonds is 8. The van der Waals surface area contributed by atoms with Crippen molar-refractivity contribution in [3.05, 3.63) is 72.6 Å². The van der Waals surface area contributed by atoms with Crippen LogP contribution < -0.4 is 15.0 Å². The van der Waals surface area contributed by atoms with Crippen LogP contribution in [0.5, 0.6) is 5.75 Å². The second-order valence-electron chi connectivity index (χ2n) is 9.49. The van der Waals surface area contributed by atoms with Crippen LogP contribution in [0.25, 0.3) is 11.0 Å². The molecule has 1 atom stereocenters. The average molecular weight is 501 g/mol. The first-order valence-corrected chi connectivity index (χ1v) is 12.7. The Morgan fingerprint density at radius 3 is 2.51 bits per heavy atom. The first-order chi connectivity index (χ1) is 18.0. The van der Waals surface area contributed by atoms with E-state index in [-0.39, 0.29) is 24.4 Å². The molecule has 2 aromatic carbocycles. The summed E-state index contributed by atoms with van der Waals surface area (Å²) in [7, 11) is 3.48. The number of nitrogens with zero attached hydrogens (tertiary/aromatic N) is 5. The molecule has 4 aromatic rings. The normalized spacial score (nSPS) is 14.9. The number of carbonyl (C=O) groups excluding carboxylic acids is 2. The van der Waals surface area contributed by atoms with Crippen LogP contribution in [-0.4, -0.2) is 44.5 Å². The molecule has 0 radical (unpaired) electrons. The molecule has 5 rings (SSSR count). The van der Waals surface area contributed by atoms with Crippen molar-refractivity contribution in [3.63, 3.8) is 0 Å². The fourth-order valence-corrected chi connectivity index (χ4v) is 5.09. The lowest BCUT2D eigenvalue weighted by Gasteiger charge is -2.33. The number of hydrogen-bond acceptors (Lipinski definition) is 5. The number of fused-ring (bicyclic) bond motifs is 1. The Morgan fingerprint density at radius 1 is 1.05 bits per heavy atom. The highest BCUT2D eigenvalue weighted by Crippen LogP contribution is 2.31. The fourth-order valence-electron chi connectivity index (χ4n) is 5.09. The van der Waals surface area contributed by atoms with Crippen LogP contribution in [0.3, 0.4) is 0 Å². The first-order valence-electron chi connectivity index (χ1n) is 12.7. The predicted molar refractivity (Wildman–Crippen MR) is 141 cm³/mol. The Labute approximate surface area is 216 Å². The second kappa shape index (κ2) is 10.9. The average Bonchev–Trinajstić information content (AvgIpc) is 3.53. The van der Waals surface area contributed by atoms with Gasteiger partial charge >= 0.3 is 0 Å². The number of methoxy groups -OCH3 is 1. The quantitative estimate of drug-likeness (QED) is 0.395. The number of hydrogen-bond donors (Lipinski definition) is 1. The van der Waals surface area contributed by atoms with Gasteiger partial charge in [0.15, 0.2) is 6.04 Å². The molecule has 37 heavy (non-hydrogen) atoms. The molecule has 192 valence electrons. The lowest BCUT2D eigenvalue weighted by molar-refractivity contribution is -0.127. The van der Waals surface area contributed by atoms with Crippen LogP contribution in [0.1, 0.15) is 43.8 Å². The van der Waals surface area contributed by atoms with E-state index in [0.29, 0.717) is 17.0 Å². The maximum Gasteiger partial charge on any atom is 0.249 e. The van der Waals surface area contributed by atoms with Gasteiger partial charge in [-0.05, 0) is 61.4 Å². The van der Waals surface area contributed by atoms with Crippen LogP contribution >= 0.6 is 0 Å². The van der Waals surface area contributed by atoms with Gasteiger partial charge < -0.3 is 14.6 Å². The minimum Gasteiger partial charge on any atom is -0.497 e. The van der Waals surface area contributed by atoms with Crippen LogP contribution in [0.2, 0.25) is 0 Å². The number of aromatic nitrogens is 4. The number of para-hydroxylation sites is 1. The van der Waals surface area contributed by atoms with E-state index >= 15 is 0 Å². The minimum atomic E-state index is -0.863. The molecule has 0 bridgehead atoms. The molecular weight excluding hydrogens is 468 g/mol. The number of amides is 2. The van der Waals surface area contributed by atoms with Crippen molar-refractivity contribution in [1.82, 2.24) is 24.9 Å². The van der Waals surface area contributed by atoms with Crippen molar-refractivity contribution in [3.8, 4) is 5.75 Å². The Kier molecular flexibility index (Phi) is 7.20. The summed E-state index contributed by atoms with van der Waals surface area (Å²) in [5.74, 6) is 0.202. The van der Waals surface area contributed by atoms with Crippen molar-refractivity contribution in [2.45, 2.75) is 50.7 Å². The summed E-state index contributed by atoms with van der Waals surface area (Å²) in [5.41, 5.74) is 2.79. The molecule has 1 unspecified atom stereocenters. The first kappa shape index (κ1) is 24.5. The third-order valence-corrected chi connectivity index (χ3v) is 7.05. The number of ether oxygens (including phenoxy) is 1. The largest absolute Gasteiger partial charge is 0.497 e. The van der Waals surface area contributed by atoms with Crippen molar-refractivity contribution < 1.29 is 14.3 Å². The Bertz CT molecular complexity index is 1370. The summed E-state index contributed by atoms with van der Waals surface area (Å²) in [4.78, 5) is 29.6. The van der Waals surface area contributed by atoms with Gasteiger partial charge in [-0.2, -0.15) is 0 Å². The zero-order valence-corrected chi connectivity index (χ0v) is 21.2. The van der Waals surface area contributed by atoms with E-state index in [0.717, 1.165) is 36.9 Å². The number of aryl methyl sites for hydroxylation is 1. The van der Waals surface area contributed by atoms with E-state index in [1.165, 1.54) is 6.42 Å². The van der Waals surface area contributed by atoms with Crippen molar-refractivity contribution in [2.24, 2.45) is 7.05 Å². The topological polar surface area (TPSA) is 94.3 Å². The SMILES string of the molecule is COc1ccc(N(C(=O)Cn2nnc3ccccc32)C(C(=O)NC2CCCCC2)c2cccn2C)cc1. The number of anilines is 1. The highest BCUT2D eigenvalue weighted by Gasteiger charge is 2.35. The van der Waals surface area contributed by atoms with Crippen LogP contribution in [0.4, 0.5) is 5.69 Å². The van der Waals surface area contributed by atoms with E-state index in [4.69, 9.17) is 4.74 Å². The van der Waals surface area contributed by atoms with Crippen molar-refractivity contribution in [1.29, 1.82) is 0 Å². The predicted octanol–water partition coefficient (Wildman–Crippen LogP) is 4.00. The maximum absolute atomic E-state index is 14.1. The minimum absolute atomic E-state index is 0.0653. The second-order valence-corrected chi connectivity index (χ2v) is 9.49. The molecule has 1 aliphatic carbocycles. The van der Waals surface area contributed by atoms with E-state index in [2.05, 4.69) is 15.6 Å². The molecule has 0 aliphatic heterocycles. The maximum atomic E-state index is 14.1. The van der Waals surface area contributed by atoms with Gasteiger partial charge in [-0.3, -0.25) is 14.5 Å². The van der Waals surface area contributed by atoms with Gasteiger partial charge in [0.25, 0.3) is 0 Å². The van der Waals surface area contributed by atoms with Crippen LogP contribution in [-0.2, 0) is 23.2 Å². The van der Waals surface area contributed by atoms with Gasteiger partial charge in [0.05, 0.1) is 18.3 Å². The highest BCUT2D eigenvalue weighted by molar-refractivity contribution is 6.01. The number of nitrogens with one attached hydrogen (secondary N) is 1. The zero-order chi connectivity index (χ0) is 25.8. The lowest BCUT2D eigenvalue weighted by atomic mass is 9.95. The number of benzene rings is 2. The lowest BCUT2D eigenvalue weighted by Crippen LogP contribution is -2.48. The summed E-state index contributed by atoms with van der Waals surface area (Å²) in [6, 6.07) is 17.7. The zero-order valence-electron chi connectivity index (χ0n) is 21.2. The molecule has 9 heteroatoms. The number of carbonyl (C=O) groups is 2. The van der Waals surface area contributed by atoms with E-state index in [1.54, 1.807) is 41.0 Å². The standard InChI is InChI=1S/C28H32N6O3/c1-32-18-8-13-25(32)27(28(36)29-20-9-4-3-5-10-20)34(21-14-16-22(37-2)17-15-21)26(35)19-33-24-12-7-6-11-23(24)30-31-33/h6-8,11-18,20,27H,3-5,9-10,19H2,1-2H3,(H,29,36). The highest BCUT2D eigenvalue weighted by atomic mass is 16.5. The van der Waals surface area contributed by atoms with Crippen LogP contribution in [0, 0.1) is 0 Å². The summed E-state index contributed by atoms with van der Waals surface area (Å²) in [6.07, 6.45) is 7.17. The fraction of sp³-hybridized carbons (Fsp3) is 0.357. The van der Waals surface area contributed by atoms with E-state index in [9.17, 15) is 9.59 Å². The molecular formula is C28H32N6O3. The van der Waals surface area contributed by atoms with Gasteiger partial charge in [-0.25, -0.2) is 4.68 Å². The van der Waals surface area contributed by atoms with Crippen molar-refractivity contribution >= 4 is 28.5 Å². The summed E-state index contributed by atoms with van der Waals surface area (Å²) in [5, 5.41) is 11.6. The van der Waals surface area contributed by atoms with Gasteiger partial charge in [0, 0.05) is 25.0 Å². The third kappa shape index (κ3) is 5.21. The van der Waals surface area contributed by atoms with E-state index in [1.807, 2.05) is 54.2 Å². The molecule has 1 aliphatic rings. The summed E-state index contributed by atoms with van der Waals surface area (Å²) in [6.45, 7) is -0.0653. The third-order valence-electron chi connectivity index (χ3n) is 7.05. The smallest absolute Gasteiger partial charge is 0.249 e. The van der Waals surface area contributed by atoms with Crippen LogP contribution in [0.15, 0.2) is 66.9 Å². The molecule has 1 N–H and O–H groups in total. The van der Waals surface area contributed by atoms with Gasteiger partial charge in [-0.15, -0.1) is 5.10 Å². The molecule has 9 nitrogen and oxygen atoms in total. The van der Waals surface area contributed by atoms with E-state index < -0.39 is 6.04 Å².